The second-order valence-corrected chi connectivity index (χ2v) is 10.1. The number of hydrogen-bond acceptors (Lipinski definition) is 6. The smallest absolute Gasteiger partial charge is 0.269 e. The van der Waals surface area contributed by atoms with Crippen molar-refractivity contribution >= 4 is 32.8 Å². The van der Waals surface area contributed by atoms with Gasteiger partial charge in [-0.15, -0.1) is 0 Å². The maximum atomic E-state index is 13.7. The van der Waals surface area contributed by atoms with E-state index in [1.807, 2.05) is 4.90 Å². The van der Waals surface area contributed by atoms with Gasteiger partial charge in [0.25, 0.3) is 5.69 Å². The highest BCUT2D eigenvalue weighted by Gasteiger charge is 2.57. The van der Waals surface area contributed by atoms with Crippen molar-refractivity contribution < 1.29 is 13.3 Å². The number of nitro benzene ring substituents is 1. The summed E-state index contributed by atoms with van der Waals surface area (Å²) in [6.45, 7) is 0.606. The number of fused-ring (bicyclic) bond motifs is 3. The van der Waals surface area contributed by atoms with Crippen LogP contribution in [0.3, 0.4) is 0 Å². The molecule has 0 aliphatic carbocycles. The molecule has 0 spiro atoms. The zero-order valence-electron chi connectivity index (χ0n) is 15.4. The van der Waals surface area contributed by atoms with Crippen LogP contribution in [0.1, 0.15) is 24.8 Å². The Balaban J connectivity index is 1.92. The zero-order valence-corrected chi connectivity index (χ0v) is 17.0. The van der Waals surface area contributed by atoms with Crippen molar-refractivity contribution in [3.63, 3.8) is 0 Å². The van der Waals surface area contributed by atoms with Crippen molar-refractivity contribution in [2.75, 3.05) is 11.4 Å². The minimum Gasteiger partial charge on any atom is -0.366 e. The van der Waals surface area contributed by atoms with Crippen LogP contribution in [0.25, 0.3) is 0 Å². The molecule has 2 aromatic rings. The molecule has 1 saturated heterocycles. The number of anilines is 1. The van der Waals surface area contributed by atoms with Gasteiger partial charge in [-0.2, -0.15) is 5.26 Å². The lowest BCUT2D eigenvalue weighted by molar-refractivity contribution is -0.384. The molecule has 0 bridgehead atoms. The first-order valence-corrected chi connectivity index (χ1v) is 11.1. The molecule has 2 heterocycles. The first-order chi connectivity index (χ1) is 13.8. The van der Waals surface area contributed by atoms with E-state index in [0.29, 0.717) is 23.6 Å². The Morgan fingerprint density at radius 2 is 1.93 bits per heavy atom. The molecule has 4 rings (SSSR count). The molecule has 0 N–H and O–H groups in total. The van der Waals surface area contributed by atoms with Crippen molar-refractivity contribution in [2.24, 2.45) is 0 Å². The number of benzene rings is 2. The van der Waals surface area contributed by atoms with E-state index in [1.165, 1.54) is 36.4 Å². The molecule has 9 heteroatoms. The van der Waals surface area contributed by atoms with Crippen LogP contribution in [-0.4, -0.2) is 30.7 Å². The van der Waals surface area contributed by atoms with Crippen LogP contribution in [-0.2, 0) is 16.3 Å². The fraction of sp³-hybridized carbons (Fsp3) is 0.350. The summed E-state index contributed by atoms with van der Waals surface area (Å²) in [6.07, 6.45) is 2.17. The fourth-order valence-electron chi connectivity index (χ4n) is 4.49. The molecule has 7 nitrogen and oxygen atoms in total. The quantitative estimate of drug-likeness (QED) is 0.539. The van der Waals surface area contributed by atoms with Gasteiger partial charge < -0.3 is 4.90 Å². The van der Waals surface area contributed by atoms with E-state index in [-0.39, 0.29) is 17.0 Å². The summed E-state index contributed by atoms with van der Waals surface area (Å²) in [5.74, 6) is 0. The fourth-order valence-corrected chi connectivity index (χ4v) is 6.59. The molecule has 2 aromatic carbocycles. The molecule has 0 saturated carbocycles. The number of nitro groups is 1. The van der Waals surface area contributed by atoms with Gasteiger partial charge in [0, 0.05) is 35.8 Å². The maximum absolute atomic E-state index is 13.7. The lowest BCUT2D eigenvalue weighted by atomic mass is 9.81. The van der Waals surface area contributed by atoms with Crippen molar-refractivity contribution in [2.45, 2.75) is 41.4 Å². The molecular formula is C20H18ClN3O4S. The normalized spacial score (nSPS) is 23.6. The van der Waals surface area contributed by atoms with E-state index >= 15 is 0 Å². The predicted octanol–water partition coefficient (Wildman–Crippen LogP) is 3.90. The monoisotopic (exact) mass is 431 g/mol. The summed E-state index contributed by atoms with van der Waals surface area (Å²) in [5.41, 5.74) is 1.17. The molecule has 2 atom stereocenters. The minimum absolute atomic E-state index is 0.0304. The van der Waals surface area contributed by atoms with Crippen LogP contribution in [0, 0.1) is 21.4 Å². The number of rotatable bonds is 3. The highest BCUT2D eigenvalue weighted by molar-refractivity contribution is 7.93. The van der Waals surface area contributed by atoms with Crippen LogP contribution >= 0.6 is 11.6 Å². The molecule has 1 fully saturated rings. The van der Waals surface area contributed by atoms with Crippen molar-refractivity contribution in [1.29, 1.82) is 5.26 Å². The predicted molar refractivity (Wildman–Crippen MR) is 109 cm³/mol. The third-order valence-electron chi connectivity index (χ3n) is 5.87. The standard InChI is InChI=1S/C20H18ClN3O4S/c21-15-4-7-17(8-5-15)29(27,28)20(13-22)12-14-11-16(24(25)26)6-9-18(14)23-10-2-1-3-19(20)23/h4-9,11,19H,1-3,10,12H2/t19-,20-/m1/s1. The summed E-state index contributed by atoms with van der Waals surface area (Å²) in [6, 6.07) is 11.9. The number of halogens is 1. The third kappa shape index (κ3) is 2.96. The van der Waals surface area contributed by atoms with Gasteiger partial charge in [-0.3, -0.25) is 10.1 Å². The molecule has 2 aliphatic heterocycles. The molecule has 0 aromatic heterocycles. The summed E-state index contributed by atoms with van der Waals surface area (Å²) in [7, 11) is -4.07. The molecule has 2 aliphatic rings. The molecule has 0 amide bonds. The van der Waals surface area contributed by atoms with Crippen LogP contribution in [0.4, 0.5) is 11.4 Å². The number of hydrogen-bond donors (Lipinski definition) is 0. The molecule has 0 unspecified atom stereocenters. The topological polar surface area (TPSA) is 104 Å². The van der Waals surface area contributed by atoms with Gasteiger partial charge >= 0.3 is 0 Å². The second kappa shape index (κ2) is 7.01. The lowest BCUT2D eigenvalue weighted by Gasteiger charge is -2.49. The minimum atomic E-state index is -4.07. The summed E-state index contributed by atoms with van der Waals surface area (Å²) < 4.78 is 25.7. The average molecular weight is 432 g/mol. The molecule has 29 heavy (non-hydrogen) atoms. The van der Waals surface area contributed by atoms with Crippen molar-refractivity contribution in [1.82, 2.24) is 0 Å². The Bertz CT molecular complexity index is 1130. The average Bonchev–Trinajstić information content (AvgIpc) is 2.72. The molecular weight excluding hydrogens is 414 g/mol. The maximum Gasteiger partial charge on any atom is 0.269 e. The highest BCUT2D eigenvalue weighted by atomic mass is 35.5. The number of piperidine rings is 1. The van der Waals surface area contributed by atoms with Crippen LogP contribution in [0.15, 0.2) is 47.4 Å². The Morgan fingerprint density at radius 3 is 2.59 bits per heavy atom. The second-order valence-electron chi connectivity index (χ2n) is 7.41. The highest BCUT2D eigenvalue weighted by Crippen LogP contribution is 2.46. The van der Waals surface area contributed by atoms with Gasteiger partial charge in [-0.25, -0.2) is 8.42 Å². The van der Waals surface area contributed by atoms with E-state index < -0.39 is 25.5 Å². The SMILES string of the molecule is N#C[C@]1(S(=O)(=O)c2ccc(Cl)cc2)Cc2cc([N+](=O)[O-])ccc2N2CCCC[C@@H]21. The lowest BCUT2D eigenvalue weighted by Crippen LogP contribution is -2.62. The summed E-state index contributed by atoms with van der Waals surface area (Å²) in [5, 5.41) is 21.9. The van der Waals surface area contributed by atoms with Crippen LogP contribution < -0.4 is 4.90 Å². The largest absolute Gasteiger partial charge is 0.366 e. The van der Waals surface area contributed by atoms with Gasteiger partial charge in [-0.1, -0.05) is 11.6 Å². The van der Waals surface area contributed by atoms with E-state index in [4.69, 9.17) is 11.6 Å². The van der Waals surface area contributed by atoms with Gasteiger partial charge in [0.2, 0.25) is 0 Å². The van der Waals surface area contributed by atoms with Gasteiger partial charge in [0.15, 0.2) is 14.6 Å². The Morgan fingerprint density at radius 1 is 1.21 bits per heavy atom. The number of nitrogens with zero attached hydrogens (tertiary/aromatic N) is 3. The Kier molecular flexibility index (Phi) is 4.75. The first-order valence-electron chi connectivity index (χ1n) is 9.25. The number of sulfone groups is 1. The van der Waals surface area contributed by atoms with Crippen molar-refractivity contribution in [3.8, 4) is 6.07 Å². The van der Waals surface area contributed by atoms with Gasteiger partial charge in [0.1, 0.15) is 0 Å². The number of nitriles is 1. The van der Waals surface area contributed by atoms with Gasteiger partial charge in [-0.05, 0) is 55.2 Å². The summed E-state index contributed by atoms with van der Waals surface area (Å²) >= 11 is 5.91. The summed E-state index contributed by atoms with van der Waals surface area (Å²) in [4.78, 5) is 12.7. The first kappa shape index (κ1) is 19.7. The van der Waals surface area contributed by atoms with Crippen LogP contribution in [0.2, 0.25) is 5.02 Å². The van der Waals surface area contributed by atoms with E-state index in [2.05, 4.69) is 6.07 Å². The van der Waals surface area contributed by atoms with E-state index in [1.54, 1.807) is 6.07 Å². The van der Waals surface area contributed by atoms with Gasteiger partial charge in [0.05, 0.1) is 21.9 Å². The van der Waals surface area contributed by atoms with E-state index in [9.17, 15) is 23.8 Å². The molecule has 0 radical (unpaired) electrons. The third-order valence-corrected chi connectivity index (χ3v) is 8.48. The Hall–Kier alpha value is -2.63. The van der Waals surface area contributed by atoms with Crippen LogP contribution in [0.5, 0.6) is 0 Å². The van der Waals surface area contributed by atoms with Crippen molar-refractivity contribution in [3.05, 3.63) is 63.2 Å². The zero-order chi connectivity index (χ0) is 20.8. The molecule has 150 valence electrons. The Labute approximate surface area is 173 Å². The van der Waals surface area contributed by atoms with E-state index in [0.717, 1.165) is 18.5 Å². The number of non-ortho nitro benzene ring substituents is 1.